The first-order valence-corrected chi connectivity index (χ1v) is 7.12. The fraction of sp³-hybridized carbons (Fsp3) is 0.267. The van der Waals surface area contributed by atoms with E-state index in [-0.39, 0.29) is 11.4 Å². The van der Waals surface area contributed by atoms with Gasteiger partial charge in [0.1, 0.15) is 23.4 Å². The van der Waals surface area contributed by atoms with Crippen LogP contribution in [0.5, 0.6) is 11.5 Å². The van der Waals surface area contributed by atoms with Gasteiger partial charge in [-0.15, -0.1) is 0 Å². The fourth-order valence-corrected chi connectivity index (χ4v) is 2.41. The Kier molecular flexibility index (Phi) is 4.85. The molecule has 0 saturated carbocycles. The topological polar surface area (TPSA) is 98.3 Å². The molecule has 0 unspecified atom stereocenters. The summed E-state index contributed by atoms with van der Waals surface area (Å²) in [7, 11) is 5.65. The predicted octanol–water partition coefficient (Wildman–Crippen LogP) is 1.37. The molecule has 2 aromatic rings. The minimum Gasteiger partial charge on any atom is -0.495 e. The lowest BCUT2D eigenvalue weighted by Crippen LogP contribution is -2.39. The number of anilines is 2. The van der Waals surface area contributed by atoms with Gasteiger partial charge >= 0.3 is 5.69 Å². The Balaban J connectivity index is 2.72. The first kappa shape index (κ1) is 17.4. The van der Waals surface area contributed by atoms with Gasteiger partial charge in [-0.25, -0.2) is 4.79 Å². The average molecular weight is 351 g/mol. The Labute approximate surface area is 142 Å². The molecule has 2 rings (SSSR count). The Morgan fingerprint density at radius 2 is 1.75 bits per heavy atom. The van der Waals surface area contributed by atoms with E-state index in [4.69, 9.17) is 21.1 Å². The van der Waals surface area contributed by atoms with Gasteiger partial charge in [-0.1, -0.05) is 11.6 Å². The monoisotopic (exact) mass is 350 g/mol. The van der Waals surface area contributed by atoms with Crippen molar-refractivity contribution in [2.24, 2.45) is 14.1 Å². The maximum Gasteiger partial charge on any atom is 0.332 e. The number of nitrogens with zero attached hydrogens (tertiary/aromatic N) is 3. The van der Waals surface area contributed by atoms with Crippen LogP contribution in [0.25, 0.3) is 0 Å². The molecule has 1 N–H and O–H groups in total. The average Bonchev–Trinajstić information content (AvgIpc) is 2.58. The number of benzene rings is 1. The molecule has 1 aromatic heterocycles. The van der Waals surface area contributed by atoms with Crippen molar-refractivity contribution in [3.63, 3.8) is 0 Å². The van der Waals surface area contributed by atoms with Crippen LogP contribution in [-0.4, -0.2) is 23.4 Å². The van der Waals surface area contributed by atoms with Crippen LogP contribution < -0.4 is 26.0 Å². The molecular weight excluding hydrogens is 336 g/mol. The van der Waals surface area contributed by atoms with Gasteiger partial charge in [-0.05, 0) is 0 Å². The zero-order valence-corrected chi connectivity index (χ0v) is 14.3. The van der Waals surface area contributed by atoms with Crippen molar-refractivity contribution in [2.45, 2.75) is 0 Å². The molecule has 0 radical (unpaired) electrons. The number of hydrogen-bond donors (Lipinski definition) is 1. The summed E-state index contributed by atoms with van der Waals surface area (Å²) < 4.78 is 12.4. The summed E-state index contributed by atoms with van der Waals surface area (Å²) in [4.78, 5) is 24.2. The minimum absolute atomic E-state index is 0.0493. The van der Waals surface area contributed by atoms with Crippen LogP contribution in [0.1, 0.15) is 5.56 Å². The number of rotatable bonds is 4. The molecule has 8 nitrogen and oxygen atoms in total. The molecule has 0 bridgehead atoms. The first-order valence-electron chi connectivity index (χ1n) is 6.74. The van der Waals surface area contributed by atoms with Crippen LogP contribution in [0.15, 0.2) is 21.7 Å². The quantitative estimate of drug-likeness (QED) is 0.894. The molecule has 0 spiro atoms. The van der Waals surface area contributed by atoms with Crippen molar-refractivity contribution >= 4 is 23.1 Å². The Hall–Kier alpha value is -2.92. The lowest BCUT2D eigenvalue weighted by atomic mass is 10.2. The number of aromatic nitrogens is 2. The van der Waals surface area contributed by atoms with E-state index in [0.29, 0.717) is 22.2 Å². The molecular formula is C15H15ClN4O4. The van der Waals surface area contributed by atoms with Gasteiger partial charge < -0.3 is 14.8 Å². The molecule has 0 aliphatic rings. The Morgan fingerprint density at radius 3 is 2.29 bits per heavy atom. The second kappa shape index (κ2) is 6.68. The number of ether oxygens (including phenoxy) is 2. The van der Waals surface area contributed by atoms with Crippen LogP contribution in [0, 0.1) is 11.3 Å². The molecule has 0 aliphatic carbocycles. The molecule has 1 aromatic carbocycles. The lowest BCUT2D eigenvalue weighted by molar-refractivity contribution is 0.405. The second-order valence-electron chi connectivity index (χ2n) is 4.85. The first-order chi connectivity index (χ1) is 11.3. The Bertz CT molecular complexity index is 956. The van der Waals surface area contributed by atoms with Crippen LogP contribution in [0.4, 0.5) is 11.5 Å². The van der Waals surface area contributed by atoms with Crippen LogP contribution >= 0.6 is 11.6 Å². The molecule has 126 valence electrons. The highest BCUT2D eigenvalue weighted by molar-refractivity contribution is 6.32. The smallest absolute Gasteiger partial charge is 0.332 e. The van der Waals surface area contributed by atoms with Crippen molar-refractivity contribution in [3.05, 3.63) is 43.6 Å². The summed E-state index contributed by atoms with van der Waals surface area (Å²) in [5, 5.41) is 12.5. The molecule has 24 heavy (non-hydrogen) atoms. The van der Waals surface area contributed by atoms with Gasteiger partial charge in [0.2, 0.25) is 0 Å². The normalized spacial score (nSPS) is 10.2. The summed E-state index contributed by atoms with van der Waals surface area (Å²) in [6.45, 7) is 0. The zero-order chi connectivity index (χ0) is 18.0. The van der Waals surface area contributed by atoms with Crippen molar-refractivity contribution in [2.75, 3.05) is 19.5 Å². The van der Waals surface area contributed by atoms with Crippen LogP contribution in [-0.2, 0) is 14.1 Å². The maximum absolute atomic E-state index is 12.1. The molecule has 9 heteroatoms. The van der Waals surface area contributed by atoms with Gasteiger partial charge in [0.25, 0.3) is 5.56 Å². The largest absolute Gasteiger partial charge is 0.495 e. The number of methoxy groups -OCH3 is 2. The van der Waals surface area contributed by atoms with E-state index in [0.717, 1.165) is 4.57 Å². The van der Waals surface area contributed by atoms with Crippen LogP contribution in [0.2, 0.25) is 5.02 Å². The van der Waals surface area contributed by atoms with Gasteiger partial charge in [0.05, 0.1) is 24.9 Å². The third kappa shape index (κ3) is 2.81. The molecule has 1 heterocycles. The van der Waals surface area contributed by atoms with E-state index >= 15 is 0 Å². The number of hydrogen-bond acceptors (Lipinski definition) is 6. The fourth-order valence-electron chi connectivity index (χ4n) is 2.18. The summed E-state index contributed by atoms with van der Waals surface area (Å²) in [5.41, 5.74) is -1.07. The third-order valence-corrected chi connectivity index (χ3v) is 3.80. The summed E-state index contributed by atoms with van der Waals surface area (Å²) >= 11 is 6.05. The highest BCUT2D eigenvalue weighted by atomic mass is 35.5. The third-order valence-electron chi connectivity index (χ3n) is 3.50. The number of halogens is 1. The van der Waals surface area contributed by atoms with Gasteiger partial charge in [-0.2, -0.15) is 5.26 Å². The van der Waals surface area contributed by atoms with E-state index in [1.165, 1.54) is 38.9 Å². The molecule has 0 aliphatic heterocycles. The molecule has 0 saturated heterocycles. The molecule has 0 atom stereocenters. The minimum atomic E-state index is -0.692. The van der Waals surface area contributed by atoms with Crippen LogP contribution in [0.3, 0.4) is 0 Å². The zero-order valence-electron chi connectivity index (χ0n) is 13.5. The van der Waals surface area contributed by atoms with E-state index in [9.17, 15) is 14.9 Å². The maximum atomic E-state index is 12.1. The van der Waals surface area contributed by atoms with Gasteiger partial charge in [0, 0.05) is 26.2 Å². The highest BCUT2D eigenvalue weighted by Gasteiger charge is 2.18. The predicted molar refractivity (Wildman–Crippen MR) is 89.5 cm³/mol. The number of nitrogens with one attached hydrogen (secondary N) is 1. The van der Waals surface area contributed by atoms with E-state index in [2.05, 4.69) is 5.32 Å². The van der Waals surface area contributed by atoms with Crippen molar-refractivity contribution in [3.8, 4) is 17.6 Å². The van der Waals surface area contributed by atoms with Crippen molar-refractivity contribution in [1.82, 2.24) is 9.13 Å². The van der Waals surface area contributed by atoms with Crippen molar-refractivity contribution < 1.29 is 9.47 Å². The van der Waals surface area contributed by atoms with Gasteiger partial charge in [-0.3, -0.25) is 13.9 Å². The van der Waals surface area contributed by atoms with Crippen molar-refractivity contribution in [1.29, 1.82) is 5.26 Å². The standard InChI is InChI=1S/C15H15ClN4O4/c1-19-13(8(7-17)14(21)20(2)15(19)22)18-10-6-11(23-3)9(16)5-12(10)24-4/h5-6,18H,1-4H3. The number of nitriles is 1. The second-order valence-corrected chi connectivity index (χ2v) is 5.26. The van der Waals surface area contributed by atoms with Gasteiger partial charge in [0.15, 0.2) is 5.56 Å². The summed E-state index contributed by atoms with van der Waals surface area (Å²) in [5.74, 6) is 0.776. The summed E-state index contributed by atoms with van der Waals surface area (Å²) in [6.07, 6.45) is 0. The Morgan fingerprint density at radius 1 is 1.12 bits per heavy atom. The molecule has 0 fully saturated rings. The van der Waals surface area contributed by atoms with E-state index in [1.807, 2.05) is 6.07 Å². The molecule has 0 amide bonds. The SMILES string of the molecule is COc1cc(Nc2c(C#N)c(=O)n(C)c(=O)n2C)c(OC)cc1Cl. The summed E-state index contributed by atoms with van der Waals surface area (Å²) in [6, 6.07) is 4.88. The van der Waals surface area contributed by atoms with E-state index < -0.39 is 11.2 Å². The lowest BCUT2D eigenvalue weighted by Gasteiger charge is -2.17. The van der Waals surface area contributed by atoms with E-state index in [1.54, 1.807) is 6.07 Å². The highest BCUT2D eigenvalue weighted by Crippen LogP contribution is 2.37.